The number of rotatable bonds is 4. The van der Waals surface area contributed by atoms with E-state index in [1.807, 2.05) is 0 Å². The molecular formula is C16H20N2O6S. The number of benzene rings is 1. The lowest BCUT2D eigenvalue weighted by Gasteiger charge is -2.32. The maximum Gasteiger partial charge on any atom is 0.306 e. The van der Waals surface area contributed by atoms with Gasteiger partial charge in [-0.3, -0.25) is 13.9 Å². The lowest BCUT2D eigenvalue weighted by molar-refractivity contribution is -0.141. The highest BCUT2D eigenvalue weighted by Crippen LogP contribution is 2.24. The number of morpholine rings is 1. The van der Waals surface area contributed by atoms with Gasteiger partial charge in [-0.15, -0.1) is 0 Å². The number of hydrogen-bond donors (Lipinski definition) is 1. The van der Waals surface area contributed by atoms with Gasteiger partial charge < -0.3 is 14.7 Å². The lowest BCUT2D eigenvalue weighted by atomic mass is 10.1. The summed E-state index contributed by atoms with van der Waals surface area (Å²) < 4.78 is 30.6. The molecule has 1 N–H and O–H groups in total. The molecule has 0 radical (unpaired) electrons. The Labute approximate surface area is 146 Å². The van der Waals surface area contributed by atoms with Crippen LogP contribution in [0.5, 0.6) is 0 Å². The molecule has 2 aliphatic heterocycles. The summed E-state index contributed by atoms with van der Waals surface area (Å²) in [6.07, 6.45) is -0.0543. The van der Waals surface area contributed by atoms with E-state index in [2.05, 4.69) is 0 Å². The quantitative estimate of drug-likeness (QED) is 0.832. The predicted octanol–water partition coefficient (Wildman–Crippen LogP) is 0.542. The minimum absolute atomic E-state index is 0.143. The minimum atomic E-state index is -3.25. The molecule has 2 heterocycles. The summed E-state index contributed by atoms with van der Waals surface area (Å²) in [6, 6.07) is 6.47. The van der Waals surface area contributed by atoms with E-state index in [1.165, 1.54) is 4.31 Å². The summed E-state index contributed by atoms with van der Waals surface area (Å²) in [7, 11) is -3.25. The highest BCUT2D eigenvalue weighted by atomic mass is 32.2. The van der Waals surface area contributed by atoms with Gasteiger partial charge >= 0.3 is 5.97 Å². The van der Waals surface area contributed by atoms with Crippen LogP contribution >= 0.6 is 0 Å². The number of carbonyl (C=O) groups is 2. The Bertz CT molecular complexity index is 761. The van der Waals surface area contributed by atoms with E-state index in [9.17, 15) is 18.0 Å². The molecule has 1 unspecified atom stereocenters. The van der Waals surface area contributed by atoms with E-state index in [0.717, 1.165) is 0 Å². The first-order valence-electron chi connectivity index (χ1n) is 8.10. The van der Waals surface area contributed by atoms with Gasteiger partial charge in [-0.1, -0.05) is 0 Å². The Morgan fingerprint density at radius 3 is 2.52 bits per heavy atom. The van der Waals surface area contributed by atoms with Crippen LogP contribution in [-0.4, -0.2) is 68.4 Å². The second kappa shape index (κ2) is 7.01. The third-order valence-corrected chi connectivity index (χ3v) is 6.20. The van der Waals surface area contributed by atoms with Crippen molar-refractivity contribution in [1.82, 2.24) is 4.90 Å². The number of sulfonamides is 1. The van der Waals surface area contributed by atoms with Gasteiger partial charge in [0, 0.05) is 25.2 Å². The molecule has 25 heavy (non-hydrogen) atoms. The fourth-order valence-corrected chi connectivity index (χ4v) is 4.67. The van der Waals surface area contributed by atoms with Crippen LogP contribution in [0, 0.1) is 0 Å². The SMILES string of the molecule is O=C(O)CC1CN(C(=O)c2ccc(N3CCCS3(=O)=O)cc2)CCO1. The van der Waals surface area contributed by atoms with E-state index in [1.54, 1.807) is 29.2 Å². The van der Waals surface area contributed by atoms with Crippen molar-refractivity contribution in [2.45, 2.75) is 18.9 Å². The van der Waals surface area contributed by atoms with E-state index < -0.39 is 22.1 Å². The molecule has 0 aliphatic carbocycles. The molecule has 1 aromatic rings. The zero-order chi connectivity index (χ0) is 18.0. The lowest BCUT2D eigenvalue weighted by Crippen LogP contribution is -2.46. The number of nitrogens with zero attached hydrogens (tertiary/aromatic N) is 2. The zero-order valence-corrected chi connectivity index (χ0v) is 14.4. The van der Waals surface area contributed by atoms with Crippen LogP contribution in [0.25, 0.3) is 0 Å². The van der Waals surface area contributed by atoms with Gasteiger partial charge in [0.1, 0.15) is 0 Å². The normalized spacial score (nSPS) is 22.8. The van der Waals surface area contributed by atoms with Gasteiger partial charge in [0.2, 0.25) is 10.0 Å². The summed E-state index contributed by atoms with van der Waals surface area (Å²) >= 11 is 0. The highest BCUT2D eigenvalue weighted by Gasteiger charge is 2.29. The first-order chi connectivity index (χ1) is 11.9. The van der Waals surface area contributed by atoms with E-state index in [-0.39, 0.29) is 24.6 Å². The molecule has 0 bridgehead atoms. The fourth-order valence-electron chi connectivity index (χ4n) is 3.10. The summed E-state index contributed by atoms with van der Waals surface area (Å²) in [5, 5.41) is 8.85. The number of anilines is 1. The molecule has 2 saturated heterocycles. The maximum absolute atomic E-state index is 12.6. The average Bonchev–Trinajstić information content (AvgIpc) is 2.93. The van der Waals surface area contributed by atoms with Crippen molar-refractivity contribution in [3.63, 3.8) is 0 Å². The van der Waals surface area contributed by atoms with Crippen molar-refractivity contribution >= 4 is 27.6 Å². The van der Waals surface area contributed by atoms with Crippen molar-refractivity contribution in [2.75, 3.05) is 36.3 Å². The highest BCUT2D eigenvalue weighted by molar-refractivity contribution is 7.93. The molecule has 2 fully saturated rings. The van der Waals surface area contributed by atoms with Crippen LogP contribution in [0.4, 0.5) is 5.69 Å². The van der Waals surface area contributed by atoms with E-state index >= 15 is 0 Å². The molecule has 136 valence electrons. The van der Waals surface area contributed by atoms with Gasteiger partial charge in [0.25, 0.3) is 5.91 Å². The maximum atomic E-state index is 12.6. The third-order valence-electron chi connectivity index (χ3n) is 4.33. The molecule has 1 amide bonds. The third kappa shape index (κ3) is 3.93. The number of ether oxygens (including phenoxy) is 1. The van der Waals surface area contributed by atoms with Crippen molar-refractivity contribution in [2.24, 2.45) is 0 Å². The van der Waals surface area contributed by atoms with Crippen LogP contribution in [-0.2, 0) is 19.6 Å². The largest absolute Gasteiger partial charge is 0.481 e. The predicted molar refractivity (Wildman–Crippen MR) is 90.1 cm³/mol. The fraction of sp³-hybridized carbons (Fsp3) is 0.500. The van der Waals surface area contributed by atoms with Gasteiger partial charge in [-0.05, 0) is 30.7 Å². The summed E-state index contributed by atoms with van der Waals surface area (Å²) in [5.41, 5.74) is 0.996. The van der Waals surface area contributed by atoms with Crippen molar-refractivity contribution in [3.05, 3.63) is 29.8 Å². The van der Waals surface area contributed by atoms with Crippen LogP contribution in [0.15, 0.2) is 24.3 Å². The summed E-state index contributed by atoms with van der Waals surface area (Å²) in [5.74, 6) is -1.03. The zero-order valence-electron chi connectivity index (χ0n) is 13.6. The summed E-state index contributed by atoms with van der Waals surface area (Å²) in [6.45, 7) is 1.38. The molecule has 1 aromatic carbocycles. The van der Waals surface area contributed by atoms with Crippen LogP contribution in [0.1, 0.15) is 23.2 Å². The molecule has 0 aromatic heterocycles. The molecular weight excluding hydrogens is 348 g/mol. The molecule has 8 nitrogen and oxygen atoms in total. The monoisotopic (exact) mass is 368 g/mol. The number of carbonyl (C=O) groups excluding carboxylic acids is 1. The number of carboxylic acids is 1. The van der Waals surface area contributed by atoms with Crippen LogP contribution < -0.4 is 4.31 Å². The second-order valence-electron chi connectivity index (χ2n) is 6.13. The van der Waals surface area contributed by atoms with Gasteiger partial charge in [-0.25, -0.2) is 8.42 Å². The first kappa shape index (κ1) is 17.7. The number of carboxylic acid groups (broad SMARTS) is 1. The van der Waals surface area contributed by atoms with Crippen molar-refractivity contribution in [1.29, 1.82) is 0 Å². The second-order valence-corrected chi connectivity index (χ2v) is 8.14. The number of hydrogen-bond acceptors (Lipinski definition) is 5. The summed E-state index contributed by atoms with van der Waals surface area (Å²) in [4.78, 5) is 24.9. The van der Waals surface area contributed by atoms with Crippen LogP contribution in [0.2, 0.25) is 0 Å². The van der Waals surface area contributed by atoms with Gasteiger partial charge in [-0.2, -0.15) is 0 Å². The molecule has 2 aliphatic rings. The molecule has 0 spiro atoms. The minimum Gasteiger partial charge on any atom is -0.481 e. The number of amides is 1. The Hall–Kier alpha value is -2.13. The smallest absolute Gasteiger partial charge is 0.306 e. The topological polar surface area (TPSA) is 104 Å². The molecule has 9 heteroatoms. The van der Waals surface area contributed by atoms with Crippen LogP contribution in [0.3, 0.4) is 0 Å². The van der Waals surface area contributed by atoms with E-state index in [0.29, 0.717) is 37.4 Å². The molecule has 3 rings (SSSR count). The first-order valence-corrected chi connectivity index (χ1v) is 9.71. The van der Waals surface area contributed by atoms with Gasteiger partial charge in [0.15, 0.2) is 0 Å². The van der Waals surface area contributed by atoms with Crippen molar-refractivity contribution in [3.8, 4) is 0 Å². The Morgan fingerprint density at radius 1 is 1.20 bits per heavy atom. The Balaban J connectivity index is 1.69. The average molecular weight is 368 g/mol. The number of aliphatic carboxylic acids is 1. The van der Waals surface area contributed by atoms with E-state index in [4.69, 9.17) is 9.84 Å². The molecule has 1 atom stereocenters. The van der Waals surface area contributed by atoms with Gasteiger partial charge in [0.05, 0.1) is 30.6 Å². The van der Waals surface area contributed by atoms with Crippen molar-refractivity contribution < 1.29 is 27.9 Å². The Morgan fingerprint density at radius 2 is 1.92 bits per heavy atom. The Kier molecular flexibility index (Phi) is 4.96. The molecule has 0 saturated carbocycles. The standard InChI is InChI=1S/C16H20N2O6S/c19-15(20)10-14-11-17(7-8-24-14)16(21)12-2-4-13(5-3-12)18-6-1-9-25(18,22)23/h2-5,14H,1,6-11H2,(H,19,20).